The Morgan fingerprint density at radius 2 is 2.11 bits per heavy atom. The van der Waals surface area contributed by atoms with Gasteiger partial charge in [-0.15, -0.1) is 0 Å². The van der Waals surface area contributed by atoms with Gasteiger partial charge in [-0.25, -0.2) is 4.79 Å². The monoisotopic (exact) mass is 388 g/mol. The molecule has 1 aromatic carbocycles. The molecule has 2 atom stereocenters. The van der Waals surface area contributed by atoms with Crippen LogP contribution in [0.15, 0.2) is 18.2 Å². The number of fused-ring (bicyclic) bond motifs is 1. The second-order valence-electron chi connectivity index (χ2n) is 7.41. The number of nitrogens with one attached hydrogen (secondary N) is 3. The predicted octanol–water partition coefficient (Wildman–Crippen LogP) is 2.00. The molecule has 152 valence electrons. The van der Waals surface area contributed by atoms with Gasteiger partial charge in [0.1, 0.15) is 11.4 Å². The van der Waals surface area contributed by atoms with Crippen LogP contribution in [0.1, 0.15) is 44.1 Å². The number of piperidine rings is 1. The zero-order chi connectivity index (χ0) is 20.1. The number of hydrogen-bond donors (Lipinski definition) is 3. The van der Waals surface area contributed by atoms with Crippen LogP contribution in [-0.4, -0.2) is 49.7 Å². The Morgan fingerprint density at radius 3 is 2.82 bits per heavy atom. The molecule has 0 aliphatic carbocycles. The minimum atomic E-state index is -0.481. The maximum absolute atomic E-state index is 12.7. The number of esters is 1. The van der Waals surface area contributed by atoms with Gasteiger partial charge in [0.05, 0.1) is 32.0 Å². The molecule has 3 rings (SSSR count). The fourth-order valence-electron chi connectivity index (χ4n) is 3.88. The number of aromatic nitrogens is 1. The number of aromatic amines is 1. The van der Waals surface area contributed by atoms with Gasteiger partial charge in [-0.3, -0.25) is 4.79 Å². The van der Waals surface area contributed by atoms with Gasteiger partial charge in [-0.2, -0.15) is 0 Å². The van der Waals surface area contributed by atoms with Crippen LogP contribution in [0.3, 0.4) is 0 Å². The van der Waals surface area contributed by atoms with Crippen LogP contribution < -0.4 is 15.0 Å². The van der Waals surface area contributed by atoms with Crippen molar-refractivity contribution in [2.45, 2.75) is 33.6 Å². The quantitative estimate of drug-likeness (QED) is 0.634. The molecule has 0 radical (unpaired) electrons. The van der Waals surface area contributed by atoms with Crippen molar-refractivity contribution >= 4 is 28.5 Å². The van der Waals surface area contributed by atoms with E-state index < -0.39 is 5.97 Å². The van der Waals surface area contributed by atoms with Gasteiger partial charge >= 0.3 is 5.97 Å². The Kier molecular flexibility index (Phi) is 6.57. The van der Waals surface area contributed by atoms with Crippen LogP contribution in [0.2, 0.25) is 0 Å². The summed E-state index contributed by atoms with van der Waals surface area (Å²) in [5.74, 6) is 0.743. The van der Waals surface area contributed by atoms with Crippen molar-refractivity contribution in [2.24, 2.45) is 5.92 Å². The second kappa shape index (κ2) is 9.10. The Morgan fingerprint density at radius 1 is 1.29 bits per heavy atom. The van der Waals surface area contributed by atoms with Gasteiger partial charge in [0.15, 0.2) is 6.54 Å². The number of carbonyl (C=O) groups is 2. The molecule has 0 saturated carbocycles. The van der Waals surface area contributed by atoms with Crippen molar-refractivity contribution < 1.29 is 24.0 Å². The molecule has 2 heterocycles. The Bertz CT molecular complexity index is 846. The van der Waals surface area contributed by atoms with E-state index in [4.69, 9.17) is 9.47 Å². The van der Waals surface area contributed by atoms with Crippen LogP contribution in [0.4, 0.5) is 5.69 Å². The molecule has 1 unspecified atom stereocenters. The lowest BCUT2D eigenvalue weighted by Crippen LogP contribution is -3.14. The van der Waals surface area contributed by atoms with Gasteiger partial charge in [-0.1, -0.05) is 6.92 Å². The molecule has 7 heteroatoms. The lowest BCUT2D eigenvalue weighted by Gasteiger charge is -2.27. The molecular formula is C21H30N3O4+. The highest BCUT2D eigenvalue weighted by molar-refractivity contribution is 6.11. The van der Waals surface area contributed by atoms with Gasteiger partial charge in [0, 0.05) is 16.8 Å². The number of benzene rings is 1. The fraction of sp³-hybridized carbons (Fsp3) is 0.524. The van der Waals surface area contributed by atoms with E-state index in [-0.39, 0.29) is 18.2 Å². The van der Waals surface area contributed by atoms with Crippen molar-refractivity contribution in [3.05, 3.63) is 23.9 Å². The molecule has 28 heavy (non-hydrogen) atoms. The number of carbonyl (C=O) groups excluding carboxylic acids is 2. The molecule has 0 bridgehead atoms. The third-order valence-corrected chi connectivity index (χ3v) is 5.10. The molecule has 1 aliphatic rings. The highest BCUT2D eigenvalue weighted by Crippen LogP contribution is 2.31. The van der Waals surface area contributed by atoms with Gasteiger partial charge < -0.3 is 24.7 Å². The molecule has 1 fully saturated rings. The lowest BCUT2D eigenvalue weighted by molar-refractivity contribution is -0.900. The van der Waals surface area contributed by atoms with Crippen molar-refractivity contribution in [3.8, 4) is 5.75 Å². The van der Waals surface area contributed by atoms with Crippen molar-refractivity contribution in [2.75, 3.05) is 38.2 Å². The second-order valence-corrected chi connectivity index (χ2v) is 7.41. The van der Waals surface area contributed by atoms with E-state index in [0.29, 0.717) is 30.5 Å². The lowest BCUT2D eigenvalue weighted by atomic mass is 10.0. The molecule has 2 aromatic rings. The predicted molar refractivity (Wildman–Crippen MR) is 108 cm³/mol. The maximum Gasteiger partial charge on any atom is 0.356 e. The summed E-state index contributed by atoms with van der Waals surface area (Å²) in [7, 11) is 0. The van der Waals surface area contributed by atoms with E-state index in [2.05, 4.69) is 17.2 Å². The molecule has 0 spiro atoms. The maximum atomic E-state index is 12.7. The van der Waals surface area contributed by atoms with Crippen LogP contribution in [0.25, 0.3) is 10.9 Å². The molecule has 3 N–H and O–H groups in total. The first kappa shape index (κ1) is 20.2. The van der Waals surface area contributed by atoms with Crippen LogP contribution in [-0.2, 0) is 9.53 Å². The molecule has 1 saturated heterocycles. The van der Waals surface area contributed by atoms with Crippen LogP contribution >= 0.6 is 0 Å². The number of ether oxygens (including phenoxy) is 2. The largest absolute Gasteiger partial charge is 0.494 e. The standard InChI is InChI=1S/C21H29N3O4/c1-4-27-15-8-9-17-16(11-15)19(20(22-17)21(26)28-5-2)23-18(25)13-24-10-6-7-14(3)12-24/h8-9,11,14,22H,4-7,10,12-13H2,1-3H3,(H,23,25)/p+1/t14-/m1/s1. The first-order valence-corrected chi connectivity index (χ1v) is 10.1. The van der Waals surface area contributed by atoms with Gasteiger partial charge in [0.2, 0.25) is 0 Å². The van der Waals surface area contributed by atoms with Crippen molar-refractivity contribution in [1.82, 2.24) is 4.98 Å². The number of likely N-dealkylation sites (tertiary alicyclic amines) is 1. The van der Waals surface area contributed by atoms with E-state index in [0.717, 1.165) is 30.4 Å². The van der Waals surface area contributed by atoms with Gasteiger partial charge in [0.25, 0.3) is 5.91 Å². The summed E-state index contributed by atoms with van der Waals surface area (Å²) in [6.45, 7) is 9.10. The number of quaternary nitrogens is 1. The highest BCUT2D eigenvalue weighted by Gasteiger charge is 2.25. The number of anilines is 1. The fourth-order valence-corrected chi connectivity index (χ4v) is 3.88. The minimum Gasteiger partial charge on any atom is -0.494 e. The summed E-state index contributed by atoms with van der Waals surface area (Å²) in [4.78, 5) is 29.5. The zero-order valence-corrected chi connectivity index (χ0v) is 16.9. The molecular weight excluding hydrogens is 358 g/mol. The molecule has 7 nitrogen and oxygen atoms in total. The number of rotatable bonds is 7. The topological polar surface area (TPSA) is 84.9 Å². The number of hydrogen-bond acceptors (Lipinski definition) is 4. The van der Waals surface area contributed by atoms with Crippen molar-refractivity contribution in [3.63, 3.8) is 0 Å². The van der Waals surface area contributed by atoms with E-state index in [9.17, 15) is 9.59 Å². The summed E-state index contributed by atoms with van der Waals surface area (Å²) in [5.41, 5.74) is 1.48. The zero-order valence-electron chi connectivity index (χ0n) is 16.9. The highest BCUT2D eigenvalue weighted by atomic mass is 16.5. The summed E-state index contributed by atoms with van der Waals surface area (Å²) in [5, 5.41) is 3.70. The van der Waals surface area contributed by atoms with E-state index in [1.165, 1.54) is 11.3 Å². The first-order chi connectivity index (χ1) is 13.5. The van der Waals surface area contributed by atoms with E-state index >= 15 is 0 Å². The van der Waals surface area contributed by atoms with E-state index in [1.807, 2.05) is 25.1 Å². The Labute approximate surface area is 165 Å². The summed E-state index contributed by atoms with van der Waals surface area (Å²) < 4.78 is 10.7. The molecule has 1 aliphatic heterocycles. The summed E-state index contributed by atoms with van der Waals surface area (Å²) in [6.07, 6.45) is 2.36. The van der Waals surface area contributed by atoms with Crippen LogP contribution in [0.5, 0.6) is 5.75 Å². The number of H-pyrrole nitrogens is 1. The third-order valence-electron chi connectivity index (χ3n) is 5.10. The van der Waals surface area contributed by atoms with Crippen LogP contribution in [0, 0.1) is 5.92 Å². The molecule has 1 aromatic heterocycles. The van der Waals surface area contributed by atoms with E-state index in [1.54, 1.807) is 6.92 Å². The Balaban J connectivity index is 1.87. The van der Waals surface area contributed by atoms with Crippen molar-refractivity contribution in [1.29, 1.82) is 0 Å². The minimum absolute atomic E-state index is 0.0997. The number of amides is 1. The third kappa shape index (κ3) is 4.65. The van der Waals surface area contributed by atoms with Gasteiger partial charge in [-0.05, 0) is 44.9 Å². The Hall–Kier alpha value is -2.54. The smallest absolute Gasteiger partial charge is 0.356 e. The summed E-state index contributed by atoms with van der Waals surface area (Å²) in [6, 6.07) is 5.52. The average molecular weight is 388 g/mol. The SMILES string of the molecule is CCOC(=O)c1[nH]c2ccc(OCC)cc2c1NC(=O)C[NH+]1CCC[C@@H](C)C1. The normalized spacial score (nSPS) is 19.4. The average Bonchev–Trinajstić information content (AvgIpc) is 3.00. The first-order valence-electron chi connectivity index (χ1n) is 10.1. The molecule has 1 amide bonds. The summed E-state index contributed by atoms with van der Waals surface area (Å²) >= 11 is 0.